The number of ketones is 1. The lowest BCUT2D eigenvalue weighted by Gasteiger charge is -2.35. The average molecular weight is 244 g/mol. The minimum absolute atomic E-state index is 0.0252. The van der Waals surface area contributed by atoms with E-state index < -0.39 is 8.32 Å². The molecule has 0 radical (unpaired) electrons. The Labute approximate surface area is 99.7 Å². The second kappa shape index (κ2) is 5.62. The van der Waals surface area contributed by atoms with Crippen molar-refractivity contribution < 1.29 is 14.0 Å². The van der Waals surface area contributed by atoms with Gasteiger partial charge in [0.25, 0.3) is 14.3 Å². The highest BCUT2D eigenvalue weighted by molar-refractivity contribution is 6.75. The fraction of sp³-hybridized carbons (Fsp3) is 0.833. The number of rotatable bonds is 5. The van der Waals surface area contributed by atoms with E-state index in [4.69, 9.17) is 4.43 Å². The Bertz CT molecular complexity index is 264. The van der Waals surface area contributed by atoms with Gasteiger partial charge in [-0.15, -0.1) is 0 Å². The average Bonchev–Trinajstić information content (AvgIpc) is 2.11. The standard InChI is InChI=1S/C12H24O3Si/c1-7-10(13)8-9-11(14)15-16(5,6)12(2,3)4/h7-9H2,1-6H3. The number of carbonyl (C=O) groups excluding carboxylic acids is 2. The topological polar surface area (TPSA) is 43.4 Å². The largest absolute Gasteiger partial charge is 0.519 e. The van der Waals surface area contributed by atoms with Crippen molar-refractivity contribution in [2.75, 3.05) is 0 Å². The van der Waals surface area contributed by atoms with Gasteiger partial charge in [0.15, 0.2) is 0 Å². The maximum atomic E-state index is 11.6. The quantitative estimate of drug-likeness (QED) is 0.697. The third-order valence-electron chi connectivity index (χ3n) is 3.18. The van der Waals surface area contributed by atoms with Gasteiger partial charge in [-0.1, -0.05) is 27.7 Å². The summed E-state index contributed by atoms with van der Waals surface area (Å²) in [5, 5.41) is 0.0252. The zero-order chi connectivity index (χ0) is 13.0. The lowest BCUT2D eigenvalue weighted by atomic mass is 10.2. The van der Waals surface area contributed by atoms with Gasteiger partial charge in [0.2, 0.25) is 0 Å². The molecule has 4 heteroatoms. The van der Waals surface area contributed by atoms with Gasteiger partial charge in [0, 0.05) is 12.8 Å². The van der Waals surface area contributed by atoms with Gasteiger partial charge in [0.1, 0.15) is 5.78 Å². The van der Waals surface area contributed by atoms with Crippen molar-refractivity contribution in [1.29, 1.82) is 0 Å². The highest BCUT2D eigenvalue weighted by Crippen LogP contribution is 2.36. The SMILES string of the molecule is CCC(=O)CCC(=O)O[Si](C)(C)C(C)(C)C. The molecule has 0 aromatic carbocycles. The van der Waals surface area contributed by atoms with E-state index in [0.717, 1.165) is 0 Å². The van der Waals surface area contributed by atoms with Crippen molar-refractivity contribution in [3.63, 3.8) is 0 Å². The third kappa shape index (κ3) is 4.92. The van der Waals surface area contributed by atoms with Gasteiger partial charge >= 0.3 is 0 Å². The van der Waals surface area contributed by atoms with Crippen molar-refractivity contribution in [3.8, 4) is 0 Å². The van der Waals surface area contributed by atoms with Crippen LogP contribution in [0.5, 0.6) is 0 Å². The Hall–Kier alpha value is -0.643. The van der Waals surface area contributed by atoms with Gasteiger partial charge in [-0.2, -0.15) is 0 Å². The lowest BCUT2D eigenvalue weighted by molar-refractivity contribution is -0.137. The molecule has 0 unspecified atom stereocenters. The zero-order valence-electron chi connectivity index (χ0n) is 11.3. The number of hydrogen-bond donors (Lipinski definition) is 0. The summed E-state index contributed by atoms with van der Waals surface area (Å²) in [5.41, 5.74) is 0. The van der Waals surface area contributed by atoms with Gasteiger partial charge in [-0.05, 0) is 18.1 Å². The van der Waals surface area contributed by atoms with Gasteiger partial charge < -0.3 is 4.43 Å². The van der Waals surface area contributed by atoms with E-state index in [1.54, 1.807) is 0 Å². The summed E-state index contributed by atoms with van der Waals surface area (Å²) in [6.07, 6.45) is 1.02. The van der Waals surface area contributed by atoms with Crippen LogP contribution in [0.25, 0.3) is 0 Å². The van der Waals surface area contributed by atoms with E-state index in [-0.39, 0.29) is 23.2 Å². The molecule has 0 N–H and O–H groups in total. The second-order valence-corrected chi connectivity index (χ2v) is 10.4. The van der Waals surface area contributed by atoms with E-state index in [1.165, 1.54) is 0 Å². The molecule has 0 bridgehead atoms. The Morgan fingerprint density at radius 1 is 1.12 bits per heavy atom. The molecule has 0 aromatic heterocycles. The molecule has 0 saturated heterocycles. The van der Waals surface area contributed by atoms with Crippen LogP contribution in [-0.4, -0.2) is 20.1 Å². The van der Waals surface area contributed by atoms with E-state index in [1.807, 2.05) is 20.0 Å². The lowest BCUT2D eigenvalue weighted by Crippen LogP contribution is -2.42. The normalized spacial score (nSPS) is 12.4. The summed E-state index contributed by atoms with van der Waals surface area (Å²) in [6.45, 7) is 12.1. The summed E-state index contributed by atoms with van der Waals surface area (Å²) in [4.78, 5) is 22.7. The highest BCUT2D eigenvalue weighted by atomic mass is 28.4. The first-order valence-electron chi connectivity index (χ1n) is 5.83. The first kappa shape index (κ1) is 15.4. The fourth-order valence-corrected chi connectivity index (χ4v) is 1.88. The van der Waals surface area contributed by atoms with E-state index >= 15 is 0 Å². The van der Waals surface area contributed by atoms with Crippen LogP contribution in [0.1, 0.15) is 47.0 Å². The highest BCUT2D eigenvalue weighted by Gasteiger charge is 2.40. The number of hydrogen-bond acceptors (Lipinski definition) is 3. The molecule has 0 aliphatic carbocycles. The third-order valence-corrected chi connectivity index (χ3v) is 7.53. The number of Topliss-reactive ketones (excluding diaryl/α,β-unsaturated/α-hetero) is 1. The molecule has 0 amide bonds. The first-order valence-corrected chi connectivity index (χ1v) is 8.74. The maximum Gasteiger partial charge on any atom is 0.292 e. The van der Waals surface area contributed by atoms with Gasteiger partial charge in [-0.25, -0.2) is 0 Å². The minimum atomic E-state index is -2.01. The van der Waals surface area contributed by atoms with Crippen molar-refractivity contribution >= 4 is 20.1 Å². The predicted octanol–water partition coefficient (Wildman–Crippen LogP) is 3.29. The van der Waals surface area contributed by atoms with Gasteiger partial charge in [0.05, 0.1) is 6.42 Å². The molecule has 0 aliphatic heterocycles. The van der Waals surface area contributed by atoms with E-state index in [9.17, 15) is 9.59 Å². The van der Waals surface area contributed by atoms with Crippen molar-refractivity contribution in [1.82, 2.24) is 0 Å². The molecule has 0 aromatic rings. The van der Waals surface area contributed by atoms with Crippen LogP contribution in [0.3, 0.4) is 0 Å². The predicted molar refractivity (Wildman–Crippen MR) is 67.8 cm³/mol. The molecule has 0 spiro atoms. The van der Waals surface area contributed by atoms with Crippen LogP contribution in [0, 0.1) is 0 Å². The first-order chi connectivity index (χ1) is 7.10. The molecular formula is C12H24O3Si. The van der Waals surface area contributed by atoms with Crippen LogP contribution in [-0.2, 0) is 14.0 Å². The molecule has 0 heterocycles. The molecule has 0 saturated carbocycles. The molecule has 94 valence electrons. The Morgan fingerprint density at radius 3 is 2.00 bits per heavy atom. The Kier molecular flexibility index (Phi) is 5.39. The minimum Gasteiger partial charge on any atom is -0.519 e. The zero-order valence-corrected chi connectivity index (χ0v) is 12.3. The molecule has 16 heavy (non-hydrogen) atoms. The monoisotopic (exact) mass is 244 g/mol. The summed E-state index contributed by atoms with van der Waals surface area (Å²) >= 11 is 0. The summed E-state index contributed by atoms with van der Waals surface area (Å²) in [6, 6.07) is 0. The molecule has 0 atom stereocenters. The van der Waals surface area contributed by atoms with Crippen LogP contribution < -0.4 is 0 Å². The molecular weight excluding hydrogens is 220 g/mol. The maximum absolute atomic E-state index is 11.6. The van der Waals surface area contributed by atoms with E-state index in [0.29, 0.717) is 12.8 Å². The smallest absolute Gasteiger partial charge is 0.292 e. The number of carbonyl (C=O) groups is 2. The van der Waals surface area contributed by atoms with Gasteiger partial charge in [-0.3, -0.25) is 9.59 Å². The van der Waals surface area contributed by atoms with Crippen molar-refractivity contribution in [2.24, 2.45) is 0 Å². The molecule has 0 fully saturated rings. The summed E-state index contributed by atoms with van der Waals surface area (Å²) < 4.78 is 5.54. The van der Waals surface area contributed by atoms with Crippen LogP contribution in [0.2, 0.25) is 18.1 Å². The fourth-order valence-electron chi connectivity index (χ4n) is 0.907. The molecule has 0 aliphatic rings. The Balaban J connectivity index is 4.20. The van der Waals surface area contributed by atoms with E-state index in [2.05, 4.69) is 20.8 Å². The second-order valence-electron chi connectivity index (χ2n) is 5.63. The summed E-state index contributed by atoms with van der Waals surface area (Å²) in [7, 11) is -2.01. The van der Waals surface area contributed by atoms with Crippen molar-refractivity contribution in [3.05, 3.63) is 0 Å². The van der Waals surface area contributed by atoms with Crippen LogP contribution in [0.4, 0.5) is 0 Å². The Morgan fingerprint density at radius 2 is 1.62 bits per heavy atom. The van der Waals surface area contributed by atoms with Crippen molar-refractivity contribution in [2.45, 2.75) is 65.1 Å². The molecule has 3 nitrogen and oxygen atoms in total. The van der Waals surface area contributed by atoms with Crippen LogP contribution >= 0.6 is 0 Å². The summed E-state index contributed by atoms with van der Waals surface area (Å²) in [5.74, 6) is -0.111. The molecule has 0 rings (SSSR count). The van der Waals surface area contributed by atoms with Crippen LogP contribution in [0.15, 0.2) is 0 Å².